The average molecular weight is 276 g/mol. The van der Waals surface area contributed by atoms with Crippen molar-refractivity contribution in [2.24, 2.45) is 5.92 Å². The van der Waals surface area contributed by atoms with E-state index in [2.05, 4.69) is 10.6 Å². The molecule has 108 valence electrons. The predicted octanol–water partition coefficient (Wildman–Crippen LogP) is 3.00. The van der Waals surface area contributed by atoms with Gasteiger partial charge in [-0.15, -0.1) is 0 Å². The first-order valence-electron chi connectivity index (χ1n) is 6.95. The van der Waals surface area contributed by atoms with Crippen LogP contribution < -0.4 is 10.6 Å². The van der Waals surface area contributed by atoms with Gasteiger partial charge in [0.2, 0.25) is 0 Å². The van der Waals surface area contributed by atoms with Crippen molar-refractivity contribution < 1.29 is 14.7 Å². The molecular weight excluding hydrogens is 256 g/mol. The van der Waals surface area contributed by atoms with Crippen molar-refractivity contribution in [3.05, 3.63) is 29.3 Å². The van der Waals surface area contributed by atoms with E-state index in [-0.39, 0.29) is 11.6 Å². The van der Waals surface area contributed by atoms with Crippen LogP contribution in [0, 0.1) is 12.8 Å². The molecule has 1 aromatic rings. The Morgan fingerprint density at radius 3 is 2.70 bits per heavy atom. The highest BCUT2D eigenvalue weighted by atomic mass is 16.4. The number of carboxylic acids is 1. The van der Waals surface area contributed by atoms with Gasteiger partial charge in [0.15, 0.2) is 0 Å². The fourth-order valence-electron chi connectivity index (χ4n) is 2.28. The predicted molar refractivity (Wildman–Crippen MR) is 77.1 cm³/mol. The van der Waals surface area contributed by atoms with Crippen LogP contribution in [-0.2, 0) is 0 Å². The number of hydrogen-bond donors (Lipinski definition) is 3. The molecule has 20 heavy (non-hydrogen) atoms. The van der Waals surface area contributed by atoms with Gasteiger partial charge < -0.3 is 15.7 Å². The summed E-state index contributed by atoms with van der Waals surface area (Å²) in [7, 11) is 0. The van der Waals surface area contributed by atoms with Gasteiger partial charge in [-0.05, 0) is 31.4 Å². The number of benzene rings is 1. The Labute approximate surface area is 118 Å². The third-order valence-corrected chi connectivity index (χ3v) is 3.72. The fraction of sp³-hybridized carbons (Fsp3) is 0.467. The highest BCUT2D eigenvalue weighted by molar-refractivity contribution is 6.00. The molecule has 0 saturated heterocycles. The molecule has 3 N–H and O–H groups in total. The van der Waals surface area contributed by atoms with Gasteiger partial charge in [-0.3, -0.25) is 0 Å². The first-order valence-corrected chi connectivity index (χ1v) is 6.95. The molecule has 1 aromatic carbocycles. The normalized spacial score (nSPS) is 14.4. The second-order valence-corrected chi connectivity index (χ2v) is 5.32. The van der Waals surface area contributed by atoms with E-state index in [9.17, 15) is 9.59 Å². The quantitative estimate of drug-likeness (QED) is 0.773. The first kappa shape index (κ1) is 14.4. The molecule has 0 bridgehead atoms. The SMILES string of the molecule is Cc1ccc(NC(=O)NCCC2CCC2)c(C(=O)O)c1. The van der Waals surface area contributed by atoms with Crippen LogP contribution in [0.1, 0.15) is 41.6 Å². The van der Waals surface area contributed by atoms with Crippen LogP contribution in [0.5, 0.6) is 0 Å². The molecule has 1 saturated carbocycles. The average Bonchev–Trinajstić information content (AvgIpc) is 2.34. The van der Waals surface area contributed by atoms with Gasteiger partial charge in [0, 0.05) is 6.54 Å². The Morgan fingerprint density at radius 2 is 2.10 bits per heavy atom. The van der Waals surface area contributed by atoms with E-state index in [0.29, 0.717) is 12.2 Å². The molecule has 5 nitrogen and oxygen atoms in total. The smallest absolute Gasteiger partial charge is 0.337 e. The summed E-state index contributed by atoms with van der Waals surface area (Å²) in [5, 5.41) is 14.5. The molecule has 0 aromatic heterocycles. The number of aryl methyl sites for hydroxylation is 1. The molecule has 0 heterocycles. The number of anilines is 1. The number of rotatable bonds is 5. The maximum Gasteiger partial charge on any atom is 0.337 e. The summed E-state index contributed by atoms with van der Waals surface area (Å²) in [4.78, 5) is 22.9. The van der Waals surface area contributed by atoms with Crippen LogP contribution in [-0.4, -0.2) is 23.7 Å². The minimum absolute atomic E-state index is 0.110. The second-order valence-electron chi connectivity index (χ2n) is 5.32. The van der Waals surface area contributed by atoms with Gasteiger partial charge >= 0.3 is 12.0 Å². The van der Waals surface area contributed by atoms with Crippen molar-refractivity contribution in [3.63, 3.8) is 0 Å². The second kappa shape index (κ2) is 6.41. The topological polar surface area (TPSA) is 78.4 Å². The zero-order chi connectivity index (χ0) is 14.5. The van der Waals surface area contributed by atoms with E-state index < -0.39 is 5.97 Å². The number of aromatic carboxylic acids is 1. The molecule has 0 unspecified atom stereocenters. The van der Waals surface area contributed by atoms with E-state index in [0.717, 1.165) is 17.9 Å². The molecule has 1 aliphatic carbocycles. The third-order valence-electron chi connectivity index (χ3n) is 3.72. The molecule has 0 aliphatic heterocycles. The lowest BCUT2D eigenvalue weighted by Gasteiger charge is -2.25. The van der Waals surface area contributed by atoms with Crippen LogP contribution in [0.3, 0.4) is 0 Å². The van der Waals surface area contributed by atoms with E-state index in [1.54, 1.807) is 18.2 Å². The highest BCUT2D eigenvalue weighted by Gasteiger charge is 2.17. The van der Waals surface area contributed by atoms with Crippen molar-refractivity contribution in [2.45, 2.75) is 32.6 Å². The largest absolute Gasteiger partial charge is 0.478 e. The van der Waals surface area contributed by atoms with Gasteiger partial charge in [-0.25, -0.2) is 9.59 Å². The van der Waals surface area contributed by atoms with Crippen LogP contribution in [0.25, 0.3) is 0 Å². The van der Waals surface area contributed by atoms with Gasteiger partial charge in [0.05, 0.1) is 11.3 Å². The van der Waals surface area contributed by atoms with Crippen molar-refractivity contribution in [1.82, 2.24) is 5.32 Å². The zero-order valence-corrected chi connectivity index (χ0v) is 11.6. The Hall–Kier alpha value is -2.04. The minimum atomic E-state index is -1.04. The number of amides is 2. The molecule has 2 amide bonds. The number of urea groups is 1. The van der Waals surface area contributed by atoms with Crippen molar-refractivity contribution >= 4 is 17.7 Å². The standard InChI is InChI=1S/C15H20N2O3/c1-10-5-6-13(12(9-10)14(18)19)17-15(20)16-8-7-11-3-2-4-11/h5-6,9,11H,2-4,7-8H2,1H3,(H,18,19)(H2,16,17,20). The van der Waals surface area contributed by atoms with E-state index in [1.807, 2.05) is 6.92 Å². The summed E-state index contributed by atoms with van der Waals surface area (Å²) in [5.41, 5.74) is 1.28. The molecule has 0 atom stereocenters. The number of carboxylic acid groups (broad SMARTS) is 1. The Kier molecular flexibility index (Phi) is 4.61. The molecule has 1 aliphatic rings. The first-order chi connectivity index (χ1) is 9.56. The Morgan fingerprint density at radius 1 is 1.35 bits per heavy atom. The summed E-state index contributed by atoms with van der Waals surface area (Å²) in [6.45, 7) is 2.44. The molecule has 2 rings (SSSR count). The van der Waals surface area contributed by atoms with Gasteiger partial charge in [-0.2, -0.15) is 0 Å². The Balaban J connectivity index is 1.88. The fourth-order valence-corrected chi connectivity index (χ4v) is 2.28. The zero-order valence-electron chi connectivity index (χ0n) is 11.6. The van der Waals surface area contributed by atoms with Gasteiger partial charge in [0.1, 0.15) is 0 Å². The lowest BCUT2D eigenvalue weighted by Crippen LogP contribution is -2.31. The van der Waals surface area contributed by atoms with Crippen LogP contribution in [0.2, 0.25) is 0 Å². The van der Waals surface area contributed by atoms with Crippen LogP contribution in [0.15, 0.2) is 18.2 Å². The number of hydrogen-bond acceptors (Lipinski definition) is 2. The number of carbonyl (C=O) groups is 2. The maximum atomic E-state index is 11.7. The monoisotopic (exact) mass is 276 g/mol. The molecule has 0 spiro atoms. The summed E-state index contributed by atoms with van der Waals surface area (Å²) < 4.78 is 0. The highest BCUT2D eigenvalue weighted by Crippen LogP contribution is 2.28. The van der Waals surface area contributed by atoms with Gasteiger partial charge in [0.25, 0.3) is 0 Å². The molecular formula is C15H20N2O3. The van der Waals surface area contributed by atoms with Crippen molar-refractivity contribution in [3.8, 4) is 0 Å². The summed E-state index contributed by atoms with van der Waals surface area (Å²) in [5.74, 6) is -0.303. The van der Waals surface area contributed by atoms with E-state index in [1.165, 1.54) is 19.3 Å². The Bertz CT molecular complexity index is 510. The molecule has 5 heteroatoms. The summed E-state index contributed by atoms with van der Waals surface area (Å²) in [6, 6.07) is 4.59. The third kappa shape index (κ3) is 3.73. The van der Waals surface area contributed by atoms with E-state index >= 15 is 0 Å². The summed E-state index contributed by atoms with van der Waals surface area (Å²) in [6.07, 6.45) is 4.80. The minimum Gasteiger partial charge on any atom is -0.478 e. The molecule has 0 radical (unpaired) electrons. The van der Waals surface area contributed by atoms with Gasteiger partial charge in [-0.1, -0.05) is 30.9 Å². The van der Waals surface area contributed by atoms with Crippen LogP contribution in [0.4, 0.5) is 10.5 Å². The van der Waals surface area contributed by atoms with Crippen LogP contribution >= 0.6 is 0 Å². The molecule has 1 fully saturated rings. The van der Waals surface area contributed by atoms with Crippen molar-refractivity contribution in [2.75, 3.05) is 11.9 Å². The lowest BCUT2D eigenvalue weighted by atomic mass is 9.83. The lowest BCUT2D eigenvalue weighted by molar-refractivity contribution is 0.0698. The van der Waals surface area contributed by atoms with Crippen molar-refractivity contribution in [1.29, 1.82) is 0 Å². The number of carbonyl (C=O) groups excluding carboxylic acids is 1. The number of nitrogens with one attached hydrogen (secondary N) is 2. The maximum absolute atomic E-state index is 11.7. The summed E-state index contributed by atoms with van der Waals surface area (Å²) >= 11 is 0. The van der Waals surface area contributed by atoms with E-state index in [4.69, 9.17) is 5.11 Å².